The second kappa shape index (κ2) is 12.4. The number of aryl methyl sites for hydroxylation is 1. The lowest BCUT2D eigenvalue weighted by atomic mass is 10.1. The standard InChI is InChI=1S/C27H37N11O3/c1-2-38-34-24(33-35-38)22-20(39)21(40)26(41-22)37-17-30-19-23(28-12-11-18-9-5-3-6-10-18)31-27(32-25(19)37)29-13-16-36-14-7-4-8-15-36/h3,5-6,9-10,17,20-22,26,39-40H,2,4,7-8,11-16H2,1H3,(H2,28,29,31,32)/t20-,21+,22-,26+/m0/s1. The molecule has 0 unspecified atom stereocenters. The molecule has 14 nitrogen and oxygen atoms in total. The van der Waals surface area contributed by atoms with Crippen LogP contribution < -0.4 is 10.6 Å². The number of piperidine rings is 1. The van der Waals surface area contributed by atoms with E-state index in [4.69, 9.17) is 14.7 Å². The summed E-state index contributed by atoms with van der Waals surface area (Å²) < 4.78 is 7.73. The molecule has 2 aliphatic heterocycles. The minimum Gasteiger partial charge on any atom is -0.387 e. The highest BCUT2D eigenvalue weighted by atomic mass is 16.6. The number of anilines is 2. The molecule has 4 atom stereocenters. The molecule has 6 rings (SSSR count). The zero-order chi connectivity index (χ0) is 28.2. The number of likely N-dealkylation sites (tertiary alicyclic amines) is 1. The lowest BCUT2D eigenvalue weighted by Gasteiger charge is -2.26. The Hall–Kier alpha value is -3.72. The Bertz CT molecular complexity index is 1420. The van der Waals surface area contributed by atoms with E-state index in [9.17, 15) is 10.2 Å². The van der Waals surface area contributed by atoms with Crippen molar-refractivity contribution >= 4 is 22.9 Å². The molecule has 0 aliphatic carbocycles. The molecule has 0 bridgehead atoms. The first kappa shape index (κ1) is 27.4. The van der Waals surface area contributed by atoms with Crippen LogP contribution in [0.4, 0.5) is 11.8 Å². The second-order valence-electron chi connectivity index (χ2n) is 10.5. The van der Waals surface area contributed by atoms with Crippen molar-refractivity contribution in [2.24, 2.45) is 0 Å². The van der Waals surface area contributed by atoms with Crippen molar-refractivity contribution in [1.29, 1.82) is 0 Å². The van der Waals surface area contributed by atoms with E-state index in [2.05, 4.69) is 48.1 Å². The van der Waals surface area contributed by atoms with Crippen LogP contribution in [-0.4, -0.2) is 99.8 Å². The summed E-state index contributed by atoms with van der Waals surface area (Å²) in [6.45, 7) is 6.89. The first-order chi connectivity index (χ1) is 20.1. The Morgan fingerprint density at radius 1 is 1.00 bits per heavy atom. The molecule has 218 valence electrons. The van der Waals surface area contributed by atoms with E-state index < -0.39 is 24.5 Å². The van der Waals surface area contributed by atoms with Crippen molar-refractivity contribution in [3.63, 3.8) is 0 Å². The molecule has 2 fully saturated rings. The van der Waals surface area contributed by atoms with E-state index in [1.54, 1.807) is 10.9 Å². The number of aliphatic hydroxyl groups excluding tert-OH is 2. The van der Waals surface area contributed by atoms with Crippen LogP contribution in [0, 0.1) is 0 Å². The van der Waals surface area contributed by atoms with E-state index in [0.717, 1.165) is 26.1 Å². The molecule has 4 N–H and O–H groups in total. The Morgan fingerprint density at radius 2 is 1.83 bits per heavy atom. The highest BCUT2D eigenvalue weighted by Crippen LogP contribution is 2.39. The number of nitrogens with one attached hydrogen (secondary N) is 2. The topological polar surface area (TPSA) is 164 Å². The summed E-state index contributed by atoms with van der Waals surface area (Å²) >= 11 is 0. The third-order valence-corrected chi connectivity index (χ3v) is 7.65. The minimum atomic E-state index is -1.26. The molecule has 0 radical (unpaired) electrons. The van der Waals surface area contributed by atoms with Crippen LogP contribution in [0.3, 0.4) is 0 Å². The molecule has 4 aromatic rings. The Labute approximate surface area is 237 Å². The van der Waals surface area contributed by atoms with Gasteiger partial charge in [-0.05, 0) is 50.1 Å². The Balaban J connectivity index is 1.25. The van der Waals surface area contributed by atoms with Gasteiger partial charge in [-0.2, -0.15) is 14.8 Å². The van der Waals surface area contributed by atoms with Gasteiger partial charge in [0.05, 0.1) is 12.9 Å². The zero-order valence-corrected chi connectivity index (χ0v) is 23.2. The molecule has 0 spiro atoms. The van der Waals surface area contributed by atoms with Crippen molar-refractivity contribution < 1.29 is 14.9 Å². The van der Waals surface area contributed by atoms with E-state index in [1.807, 2.05) is 25.1 Å². The number of tetrazole rings is 1. The van der Waals surface area contributed by atoms with Gasteiger partial charge in [-0.15, -0.1) is 10.2 Å². The average molecular weight is 564 g/mol. The van der Waals surface area contributed by atoms with Gasteiger partial charge in [0.1, 0.15) is 12.2 Å². The smallest absolute Gasteiger partial charge is 0.226 e. The molecular weight excluding hydrogens is 526 g/mol. The van der Waals surface area contributed by atoms with Crippen molar-refractivity contribution in [2.75, 3.05) is 43.4 Å². The highest BCUT2D eigenvalue weighted by molar-refractivity contribution is 5.84. The predicted octanol–water partition coefficient (Wildman–Crippen LogP) is 1.38. The average Bonchev–Trinajstić information content (AvgIpc) is 3.72. The summed E-state index contributed by atoms with van der Waals surface area (Å²) in [4.78, 5) is 17.9. The number of hydrogen-bond acceptors (Lipinski definition) is 12. The number of ether oxygens (including phenoxy) is 1. The summed E-state index contributed by atoms with van der Waals surface area (Å²) in [6.07, 6.45) is 1.72. The van der Waals surface area contributed by atoms with Crippen LogP contribution in [0.2, 0.25) is 0 Å². The number of aromatic nitrogens is 8. The van der Waals surface area contributed by atoms with Crippen LogP contribution in [0.15, 0.2) is 36.7 Å². The first-order valence-corrected chi connectivity index (χ1v) is 14.4. The molecule has 14 heteroatoms. The number of hydrogen-bond donors (Lipinski definition) is 4. The van der Waals surface area contributed by atoms with Crippen molar-refractivity contribution in [3.05, 3.63) is 48.0 Å². The normalized spacial score (nSPS) is 23.3. The minimum absolute atomic E-state index is 0.211. The fourth-order valence-corrected chi connectivity index (χ4v) is 5.39. The lowest BCUT2D eigenvalue weighted by molar-refractivity contribution is -0.0384. The maximum Gasteiger partial charge on any atom is 0.226 e. The molecule has 0 saturated carbocycles. The summed E-state index contributed by atoms with van der Waals surface area (Å²) in [7, 11) is 0. The Morgan fingerprint density at radius 3 is 2.61 bits per heavy atom. The quantitative estimate of drug-likeness (QED) is 0.208. The van der Waals surface area contributed by atoms with Crippen LogP contribution in [0.5, 0.6) is 0 Å². The van der Waals surface area contributed by atoms with E-state index >= 15 is 0 Å². The lowest BCUT2D eigenvalue weighted by Crippen LogP contribution is -2.34. The van der Waals surface area contributed by atoms with E-state index in [1.165, 1.54) is 29.6 Å². The third-order valence-electron chi connectivity index (χ3n) is 7.65. The van der Waals surface area contributed by atoms with Crippen molar-refractivity contribution in [3.8, 4) is 0 Å². The molecule has 3 aromatic heterocycles. The number of imidazole rings is 1. The van der Waals surface area contributed by atoms with Gasteiger partial charge in [0.2, 0.25) is 11.8 Å². The first-order valence-electron chi connectivity index (χ1n) is 14.4. The highest BCUT2D eigenvalue weighted by Gasteiger charge is 2.47. The number of rotatable bonds is 11. The van der Waals surface area contributed by atoms with Gasteiger partial charge in [0.15, 0.2) is 29.3 Å². The largest absolute Gasteiger partial charge is 0.387 e. The van der Waals surface area contributed by atoms with Gasteiger partial charge in [0.25, 0.3) is 0 Å². The molecular formula is C27H37N11O3. The van der Waals surface area contributed by atoms with Gasteiger partial charge < -0.3 is 30.5 Å². The maximum atomic E-state index is 11.0. The summed E-state index contributed by atoms with van der Waals surface area (Å²) in [5, 5.41) is 40.8. The van der Waals surface area contributed by atoms with Crippen LogP contribution >= 0.6 is 0 Å². The molecule has 2 aliphatic rings. The monoisotopic (exact) mass is 563 g/mol. The van der Waals surface area contributed by atoms with E-state index in [0.29, 0.717) is 42.6 Å². The molecule has 2 saturated heterocycles. The molecule has 5 heterocycles. The molecule has 1 aromatic carbocycles. The van der Waals surface area contributed by atoms with Crippen LogP contribution in [-0.2, 0) is 17.7 Å². The molecule has 41 heavy (non-hydrogen) atoms. The fraction of sp³-hybridized carbons (Fsp3) is 0.556. The molecule has 0 amide bonds. The van der Waals surface area contributed by atoms with Crippen LogP contribution in [0.1, 0.15) is 49.9 Å². The van der Waals surface area contributed by atoms with Gasteiger partial charge in [-0.1, -0.05) is 36.8 Å². The van der Waals surface area contributed by atoms with Gasteiger partial charge >= 0.3 is 0 Å². The number of nitrogens with zero attached hydrogens (tertiary/aromatic N) is 9. The van der Waals surface area contributed by atoms with Gasteiger partial charge in [-0.25, -0.2) is 4.98 Å². The second-order valence-corrected chi connectivity index (χ2v) is 10.5. The summed E-state index contributed by atoms with van der Waals surface area (Å²) in [6, 6.07) is 10.2. The maximum absolute atomic E-state index is 11.0. The van der Waals surface area contributed by atoms with Gasteiger partial charge in [0, 0.05) is 19.6 Å². The van der Waals surface area contributed by atoms with E-state index in [-0.39, 0.29) is 5.82 Å². The summed E-state index contributed by atoms with van der Waals surface area (Å²) in [5.41, 5.74) is 2.24. The van der Waals surface area contributed by atoms with Crippen molar-refractivity contribution in [2.45, 2.75) is 63.7 Å². The van der Waals surface area contributed by atoms with Crippen LogP contribution in [0.25, 0.3) is 11.2 Å². The Kier molecular flexibility index (Phi) is 8.32. The van der Waals surface area contributed by atoms with Crippen molar-refractivity contribution in [1.82, 2.24) is 44.6 Å². The number of aliphatic hydroxyl groups is 2. The predicted molar refractivity (Wildman–Crippen MR) is 151 cm³/mol. The zero-order valence-electron chi connectivity index (χ0n) is 23.2. The van der Waals surface area contributed by atoms with Gasteiger partial charge in [-0.3, -0.25) is 4.57 Å². The SMILES string of the molecule is CCn1nnc([C@H]2O[C@@H](n3cnc4c(NCCc5ccccc5)nc(NCCN5CCCCC5)nc43)[C@H](O)[C@@H]2O)n1. The third kappa shape index (κ3) is 6.00. The number of fused-ring (bicyclic) bond motifs is 1. The summed E-state index contributed by atoms with van der Waals surface area (Å²) in [5.74, 6) is 1.25. The fourth-order valence-electron chi connectivity index (χ4n) is 5.39. The number of benzene rings is 1.